The molecule has 0 bridgehead atoms. The lowest BCUT2D eigenvalue weighted by atomic mass is 10.6. The van der Waals surface area contributed by atoms with E-state index in [2.05, 4.69) is 9.47 Å². The van der Waals surface area contributed by atoms with Gasteiger partial charge in [0.15, 0.2) is 0 Å². The molecular weight excluding hydrogens is 302 g/mol. The van der Waals surface area contributed by atoms with Crippen LogP contribution in [0.3, 0.4) is 0 Å². The van der Waals surface area contributed by atoms with E-state index >= 15 is 0 Å². The topological polar surface area (TPSA) is 18.5 Å². The van der Waals surface area contributed by atoms with Crippen LogP contribution in [-0.2, 0) is 9.47 Å². The molecule has 1 saturated heterocycles. The maximum absolute atomic E-state index is 12.5. The molecule has 1 fully saturated rings. The summed E-state index contributed by atoms with van der Waals surface area (Å²) < 4.78 is 63.2. The predicted molar refractivity (Wildman–Crippen MR) is 34.2 cm³/mol. The minimum Gasteiger partial charge on any atom is -0.407 e. The van der Waals surface area contributed by atoms with E-state index in [-0.39, 0.29) is 0 Å². The van der Waals surface area contributed by atoms with Crippen LogP contribution in [-0.4, -0.2) is 9.97 Å². The summed E-state index contributed by atoms with van der Waals surface area (Å²) in [6.07, 6.45) is -7.03. The first-order chi connectivity index (χ1) is 5.26. The van der Waals surface area contributed by atoms with Gasteiger partial charge < -0.3 is 9.47 Å². The third-order valence-electron chi connectivity index (χ3n) is 0.935. The van der Waals surface area contributed by atoms with E-state index in [4.69, 9.17) is 0 Å². The van der Waals surface area contributed by atoms with E-state index in [1.807, 2.05) is 0 Å². The molecule has 12 heavy (non-hydrogen) atoms. The Morgan fingerprint density at radius 3 is 1.83 bits per heavy atom. The van der Waals surface area contributed by atoms with Gasteiger partial charge >= 0.3 is 22.0 Å². The maximum atomic E-state index is 12.5. The third kappa shape index (κ3) is 1.43. The van der Waals surface area contributed by atoms with Crippen molar-refractivity contribution in [2.24, 2.45) is 0 Å². The number of alkyl halides is 4. The van der Waals surface area contributed by atoms with Gasteiger partial charge in [-0.25, -0.2) is 0 Å². The van der Waals surface area contributed by atoms with Gasteiger partial charge in [-0.2, -0.15) is 22.0 Å². The van der Waals surface area contributed by atoms with Crippen LogP contribution >= 0.6 is 22.6 Å². The number of ether oxygens (including phenoxy) is 2. The molecule has 1 rings (SSSR count). The molecular formula is C4F5IO2. The van der Waals surface area contributed by atoms with Crippen LogP contribution < -0.4 is 0 Å². The van der Waals surface area contributed by atoms with Gasteiger partial charge in [0.25, 0.3) is 0 Å². The van der Waals surface area contributed by atoms with Crippen molar-refractivity contribution in [3.05, 3.63) is 12.0 Å². The van der Waals surface area contributed by atoms with Crippen molar-refractivity contribution in [2.75, 3.05) is 0 Å². The Labute approximate surface area is 76.5 Å². The molecule has 70 valence electrons. The molecule has 0 aliphatic carbocycles. The molecule has 0 amide bonds. The van der Waals surface area contributed by atoms with Gasteiger partial charge in [-0.15, -0.1) is 0 Å². The highest BCUT2D eigenvalue weighted by molar-refractivity contribution is 14.1. The molecule has 0 aromatic rings. The normalized spacial score (nSPS) is 32.7. The molecule has 1 unspecified atom stereocenters. The van der Waals surface area contributed by atoms with Crippen LogP contribution in [0, 0.1) is 0 Å². The average molecular weight is 302 g/mol. The second-order valence-electron chi connectivity index (χ2n) is 1.79. The zero-order chi connectivity index (χ0) is 9.57. The van der Waals surface area contributed by atoms with Crippen LogP contribution in [0.4, 0.5) is 22.0 Å². The quantitative estimate of drug-likeness (QED) is 0.389. The summed E-state index contributed by atoms with van der Waals surface area (Å²) in [5, 5.41) is 0. The molecule has 0 N–H and O–H groups in total. The Morgan fingerprint density at radius 2 is 1.67 bits per heavy atom. The van der Waals surface area contributed by atoms with Crippen LogP contribution in [0.5, 0.6) is 0 Å². The Morgan fingerprint density at radius 1 is 1.17 bits per heavy atom. The monoisotopic (exact) mass is 302 g/mol. The number of hydrogen-bond acceptors (Lipinski definition) is 2. The highest BCUT2D eigenvalue weighted by Gasteiger charge is 2.66. The number of rotatable bonds is 0. The van der Waals surface area contributed by atoms with Crippen molar-refractivity contribution in [1.29, 1.82) is 0 Å². The summed E-state index contributed by atoms with van der Waals surface area (Å²) in [5.74, 6) is -1.78. The fourth-order valence-corrected chi connectivity index (χ4v) is 0.760. The fourth-order valence-electron chi connectivity index (χ4n) is 0.450. The summed E-state index contributed by atoms with van der Waals surface area (Å²) in [7, 11) is 0. The van der Waals surface area contributed by atoms with E-state index < -0.39 is 22.0 Å². The van der Waals surface area contributed by atoms with Crippen molar-refractivity contribution >= 4 is 22.6 Å². The zero-order valence-corrected chi connectivity index (χ0v) is 7.24. The minimum atomic E-state index is -4.40. The van der Waals surface area contributed by atoms with E-state index in [1.165, 1.54) is 0 Å². The average Bonchev–Trinajstić information content (AvgIpc) is 2.03. The molecule has 0 aromatic carbocycles. The summed E-state index contributed by atoms with van der Waals surface area (Å²) in [6, 6.07) is 0. The molecule has 1 heterocycles. The highest BCUT2D eigenvalue weighted by atomic mass is 127. The molecule has 0 aromatic heterocycles. The third-order valence-corrected chi connectivity index (χ3v) is 1.78. The number of hydrogen-bond donors (Lipinski definition) is 0. The lowest BCUT2D eigenvalue weighted by molar-refractivity contribution is -0.241. The van der Waals surface area contributed by atoms with Crippen molar-refractivity contribution < 1.29 is 31.4 Å². The molecule has 8 heteroatoms. The molecule has 0 spiro atoms. The van der Waals surface area contributed by atoms with Gasteiger partial charge in [0.05, 0.1) is 0 Å². The van der Waals surface area contributed by atoms with E-state index in [9.17, 15) is 22.0 Å². The highest BCUT2D eigenvalue weighted by Crippen LogP contribution is 2.49. The summed E-state index contributed by atoms with van der Waals surface area (Å²) in [5.41, 5.74) is 0. The molecule has 1 aliphatic heterocycles. The van der Waals surface area contributed by atoms with Crippen molar-refractivity contribution in [1.82, 2.24) is 0 Å². The second-order valence-corrected chi connectivity index (χ2v) is 3.17. The summed E-state index contributed by atoms with van der Waals surface area (Å²) in [4.78, 5) is 0. The van der Waals surface area contributed by atoms with Crippen LogP contribution in [0.25, 0.3) is 0 Å². The second kappa shape index (κ2) is 2.60. The van der Waals surface area contributed by atoms with E-state index in [0.717, 1.165) is 0 Å². The smallest absolute Gasteiger partial charge is 0.407 e. The first kappa shape index (κ1) is 9.81. The Bertz CT molecular complexity index is 216. The zero-order valence-electron chi connectivity index (χ0n) is 5.08. The Balaban J connectivity index is 2.97. The minimum absolute atomic E-state index is 0.526. The number of halogens is 6. The molecule has 0 radical (unpaired) electrons. The van der Waals surface area contributed by atoms with Gasteiger partial charge in [0.2, 0.25) is 0 Å². The molecule has 2 nitrogen and oxygen atoms in total. The fraction of sp³-hybridized carbons (Fsp3) is 0.500. The molecule has 0 saturated carbocycles. The lowest BCUT2D eigenvalue weighted by Gasteiger charge is -2.13. The Hall–Kier alpha value is -0.280. The van der Waals surface area contributed by atoms with Crippen LogP contribution in [0.2, 0.25) is 0 Å². The van der Waals surface area contributed by atoms with E-state index in [1.54, 1.807) is 0 Å². The maximum Gasteiger partial charge on any atom is 0.484 e. The van der Waals surface area contributed by atoms with Crippen molar-refractivity contribution in [2.45, 2.75) is 9.97 Å². The van der Waals surface area contributed by atoms with Gasteiger partial charge in [-0.1, -0.05) is 0 Å². The largest absolute Gasteiger partial charge is 0.484 e. The van der Waals surface area contributed by atoms with Crippen molar-refractivity contribution in [3.8, 4) is 0 Å². The van der Waals surface area contributed by atoms with Crippen LogP contribution in [0.1, 0.15) is 0 Å². The SMILES string of the molecule is FC(F)=C1OC(F)(F)C(F)(I)O1. The van der Waals surface area contributed by atoms with Gasteiger partial charge in [-0.05, 0) is 0 Å². The van der Waals surface area contributed by atoms with Gasteiger partial charge in [0, 0.05) is 22.6 Å². The first-order valence-electron chi connectivity index (χ1n) is 2.45. The van der Waals surface area contributed by atoms with Crippen LogP contribution in [0.15, 0.2) is 12.0 Å². The predicted octanol–water partition coefficient (Wildman–Crippen LogP) is 2.75. The molecule has 1 atom stereocenters. The lowest BCUT2D eigenvalue weighted by Crippen LogP contribution is -2.34. The van der Waals surface area contributed by atoms with Gasteiger partial charge in [0.1, 0.15) is 0 Å². The van der Waals surface area contributed by atoms with E-state index in [0.29, 0.717) is 22.6 Å². The molecule has 1 aliphatic rings. The first-order valence-corrected chi connectivity index (χ1v) is 3.53. The standard InChI is InChI=1S/C4F5IO2/c5-1(6)2-11-3(7,8)4(9,10)12-2. The Kier molecular flexibility index (Phi) is 2.13. The van der Waals surface area contributed by atoms with Gasteiger partial charge in [-0.3, -0.25) is 0 Å². The summed E-state index contributed by atoms with van der Waals surface area (Å²) in [6.45, 7) is 0. The summed E-state index contributed by atoms with van der Waals surface area (Å²) >= 11 is 0.526. The van der Waals surface area contributed by atoms with Crippen molar-refractivity contribution in [3.63, 3.8) is 0 Å².